The van der Waals surface area contributed by atoms with Gasteiger partial charge in [0.2, 0.25) is 0 Å². The molecule has 150 valence electrons. The highest BCUT2D eigenvalue weighted by molar-refractivity contribution is 9.10. The Bertz CT molecular complexity index is 958. The lowest BCUT2D eigenvalue weighted by Crippen LogP contribution is -2.34. The Kier molecular flexibility index (Phi) is 7.11. The van der Waals surface area contributed by atoms with Gasteiger partial charge in [-0.05, 0) is 48.5 Å². The van der Waals surface area contributed by atoms with E-state index in [0.717, 1.165) is 26.7 Å². The summed E-state index contributed by atoms with van der Waals surface area (Å²) < 4.78 is 11.7. The zero-order valence-corrected chi connectivity index (χ0v) is 18.0. The Morgan fingerprint density at radius 1 is 1.14 bits per heavy atom. The molecule has 0 saturated carbocycles. The molecule has 2 amide bonds. The molecule has 0 spiro atoms. The quantitative estimate of drug-likeness (QED) is 0.429. The van der Waals surface area contributed by atoms with Crippen LogP contribution in [0.1, 0.15) is 18.1 Å². The van der Waals surface area contributed by atoms with E-state index in [9.17, 15) is 14.4 Å². The van der Waals surface area contributed by atoms with Crippen LogP contribution in [-0.4, -0.2) is 35.2 Å². The molecule has 0 N–H and O–H groups in total. The van der Waals surface area contributed by atoms with Crippen molar-refractivity contribution in [1.29, 1.82) is 0 Å². The van der Waals surface area contributed by atoms with Gasteiger partial charge >= 0.3 is 5.97 Å². The number of imide groups is 1. The molecule has 0 atom stereocenters. The van der Waals surface area contributed by atoms with Crippen molar-refractivity contribution < 1.29 is 23.9 Å². The first kappa shape index (κ1) is 21.1. The minimum absolute atomic E-state index is 0.188. The molecule has 2 aromatic rings. The smallest absolute Gasteiger partial charge is 0.326 e. The standard InChI is InChI=1S/C21H18BrNO5S/c1-2-27-19(24)12-23-20(25)18(29-21(23)26)11-15-5-3-4-6-17(15)28-13-14-7-9-16(22)10-8-14/h3-11H,2,12-13H2,1H3/b18-11-. The number of carbonyl (C=O) groups excluding carboxylic acids is 3. The van der Waals surface area contributed by atoms with Crippen molar-refractivity contribution in [2.24, 2.45) is 0 Å². The third-order valence-electron chi connectivity index (χ3n) is 3.98. The fraction of sp³-hybridized carbons (Fsp3) is 0.190. The van der Waals surface area contributed by atoms with Gasteiger partial charge in [-0.25, -0.2) is 0 Å². The zero-order chi connectivity index (χ0) is 20.8. The molecule has 1 heterocycles. The van der Waals surface area contributed by atoms with Crippen LogP contribution in [0.3, 0.4) is 0 Å². The molecule has 6 nitrogen and oxygen atoms in total. The average Bonchev–Trinajstić information content (AvgIpc) is 2.96. The molecule has 1 aliphatic rings. The highest BCUT2D eigenvalue weighted by Crippen LogP contribution is 2.34. The second-order valence-corrected chi connectivity index (χ2v) is 7.93. The van der Waals surface area contributed by atoms with Gasteiger partial charge in [0.25, 0.3) is 11.1 Å². The maximum absolute atomic E-state index is 12.5. The maximum atomic E-state index is 12.5. The summed E-state index contributed by atoms with van der Waals surface area (Å²) in [7, 11) is 0. The number of ether oxygens (including phenoxy) is 2. The van der Waals surface area contributed by atoms with Crippen molar-refractivity contribution in [3.8, 4) is 5.75 Å². The van der Waals surface area contributed by atoms with Crippen LogP contribution >= 0.6 is 27.7 Å². The lowest BCUT2D eigenvalue weighted by atomic mass is 10.1. The van der Waals surface area contributed by atoms with Crippen LogP contribution in [0, 0.1) is 0 Å². The van der Waals surface area contributed by atoms with E-state index >= 15 is 0 Å². The van der Waals surface area contributed by atoms with Gasteiger partial charge in [0, 0.05) is 10.0 Å². The lowest BCUT2D eigenvalue weighted by molar-refractivity contribution is -0.145. The Balaban J connectivity index is 1.74. The summed E-state index contributed by atoms with van der Waals surface area (Å²) in [6.45, 7) is 1.82. The number of halogens is 1. The first-order chi connectivity index (χ1) is 14.0. The topological polar surface area (TPSA) is 72.9 Å². The van der Waals surface area contributed by atoms with Crippen molar-refractivity contribution in [3.63, 3.8) is 0 Å². The predicted octanol–water partition coefficient (Wildman–Crippen LogP) is 4.63. The van der Waals surface area contributed by atoms with E-state index in [1.807, 2.05) is 36.4 Å². The number of rotatable bonds is 7. The van der Waals surface area contributed by atoms with Gasteiger partial charge in [0.05, 0.1) is 11.5 Å². The summed E-state index contributed by atoms with van der Waals surface area (Å²) >= 11 is 4.19. The molecule has 2 aromatic carbocycles. The van der Waals surface area contributed by atoms with Crippen molar-refractivity contribution in [3.05, 3.63) is 69.0 Å². The van der Waals surface area contributed by atoms with E-state index in [4.69, 9.17) is 9.47 Å². The number of thioether (sulfide) groups is 1. The molecule has 0 unspecified atom stereocenters. The first-order valence-corrected chi connectivity index (χ1v) is 10.5. The van der Waals surface area contributed by atoms with Gasteiger partial charge < -0.3 is 9.47 Å². The van der Waals surface area contributed by atoms with Gasteiger partial charge in [-0.15, -0.1) is 0 Å². The maximum Gasteiger partial charge on any atom is 0.326 e. The average molecular weight is 476 g/mol. The van der Waals surface area contributed by atoms with E-state index in [1.54, 1.807) is 25.1 Å². The SMILES string of the molecule is CCOC(=O)CN1C(=O)S/C(=C\c2ccccc2OCc2ccc(Br)cc2)C1=O. The minimum atomic E-state index is -0.616. The number of benzene rings is 2. The predicted molar refractivity (Wildman–Crippen MR) is 114 cm³/mol. The fourth-order valence-electron chi connectivity index (χ4n) is 2.59. The number of hydrogen-bond donors (Lipinski definition) is 0. The first-order valence-electron chi connectivity index (χ1n) is 8.85. The number of nitrogens with zero attached hydrogens (tertiary/aromatic N) is 1. The molecular formula is C21H18BrNO5S. The zero-order valence-electron chi connectivity index (χ0n) is 15.6. The van der Waals surface area contributed by atoms with Crippen molar-refractivity contribution in [2.75, 3.05) is 13.2 Å². The Morgan fingerprint density at radius 3 is 2.59 bits per heavy atom. The largest absolute Gasteiger partial charge is 0.488 e. The normalized spacial score (nSPS) is 15.1. The van der Waals surface area contributed by atoms with E-state index in [0.29, 0.717) is 17.9 Å². The van der Waals surface area contributed by atoms with Crippen LogP contribution in [-0.2, 0) is 20.9 Å². The Labute approximate surface area is 181 Å². The van der Waals surface area contributed by atoms with Crippen LogP contribution in [0.15, 0.2) is 57.9 Å². The second kappa shape index (κ2) is 9.76. The summed E-state index contributed by atoms with van der Waals surface area (Å²) in [5.74, 6) is -0.544. The van der Waals surface area contributed by atoms with Gasteiger partial charge in [0.1, 0.15) is 18.9 Å². The van der Waals surface area contributed by atoms with Gasteiger partial charge in [-0.3, -0.25) is 19.3 Å². The second-order valence-electron chi connectivity index (χ2n) is 6.03. The highest BCUT2D eigenvalue weighted by Gasteiger charge is 2.36. The summed E-state index contributed by atoms with van der Waals surface area (Å²) in [5.41, 5.74) is 1.67. The molecule has 0 bridgehead atoms. The fourth-order valence-corrected chi connectivity index (χ4v) is 3.68. The van der Waals surface area contributed by atoms with Crippen LogP contribution in [0.25, 0.3) is 6.08 Å². The summed E-state index contributed by atoms with van der Waals surface area (Å²) in [5, 5.41) is -0.498. The van der Waals surface area contributed by atoms with Crippen LogP contribution in [0.2, 0.25) is 0 Å². The number of hydrogen-bond acceptors (Lipinski definition) is 6. The van der Waals surface area contributed by atoms with E-state index in [2.05, 4.69) is 15.9 Å². The molecule has 0 aromatic heterocycles. The van der Waals surface area contributed by atoms with Crippen molar-refractivity contribution >= 4 is 50.9 Å². The molecular weight excluding hydrogens is 458 g/mol. The number of para-hydroxylation sites is 1. The molecule has 1 fully saturated rings. The molecule has 0 radical (unpaired) electrons. The molecule has 3 rings (SSSR count). The third kappa shape index (κ3) is 5.48. The summed E-state index contributed by atoms with van der Waals surface area (Å²) in [4.78, 5) is 37.4. The van der Waals surface area contributed by atoms with Crippen LogP contribution in [0.5, 0.6) is 5.75 Å². The Hall–Kier alpha value is -2.58. The van der Waals surface area contributed by atoms with E-state index < -0.39 is 23.7 Å². The Morgan fingerprint density at radius 2 is 1.86 bits per heavy atom. The van der Waals surface area contributed by atoms with Crippen molar-refractivity contribution in [2.45, 2.75) is 13.5 Å². The lowest BCUT2D eigenvalue weighted by Gasteiger charge is -2.11. The molecule has 1 aliphatic heterocycles. The van der Waals surface area contributed by atoms with E-state index in [-0.39, 0.29) is 11.5 Å². The molecule has 8 heteroatoms. The van der Waals surface area contributed by atoms with Gasteiger partial charge in [-0.1, -0.05) is 46.3 Å². The number of esters is 1. The molecule has 0 aliphatic carbocycles. The highest BCUT2D eigenvalue weighted by atomic mass is 79.9. The van der Waals surface area contributed by atoms with Crippen LogP contribution in [0.4, 0.5) is 4.79 Å². The third-order valence-corrected chi connectivity index (χ3v) is 5.42. The van der Waals surface area contributed by atoms with Gasteiger partial charge in [-0.2, -0.15) is 0 Å². The number of amides is 2. The van der Waals surface area contributed by atoms with Gasteiger partial charge in [0.15, 0.2) is 0 Å². The van der Waals surface area contributed by atoms with E-state index in [1.165, 1.54) is 0 Å². The molecule has 1 saturated heterocycles. The summed E-state index contributed by atoms with van der Waals surface area (Å²) in [6.07, 6.45) is 1.60. The minimum Gasteiger partial charge on any atom is -0.488 e. The monoisotopic (exact) mass is 475 g/mol. The summed E-state index contributed by atoms with van der Waals surface area (Å²) in [6, 6.07) is 15.0. The molecule has 29 heavy (non-hydrogen) atoms. The number of carbonyl (C=O) groups is 3. The van der Waals surface area contributed by atoms with Crippen LogP contribution < -0.4 is 4.74 Å². The van der Waals surface area contributed by atoms with Crippen molar-refractivity contribution in [1.82, 2.24) is 4.90 Å².